The Bertz CT molecular complexity index is 571. The lowest BCUT2D eigenvalue weighted by Crippen LogP contribution is -2.42. The Hall–Kier alpha value is -2.28. The molecule has 2 unspecified atom stereocenters. The third kappa shape index (κ3) is 3.63. The molecule has 2 amide bonds. The number of carbonyl (C=O) groups excluding carboxylic acids is 2. The molecule has 1 aromatic carbocycles. The van der Waals surface area contributed by atoms with E-state index in [0.717, 1.165) is 5.56 Å². The van der Waals surface area contributed by atoms with Crippen LogP contribution in [0.4, 0.5) is 4.79 Å². The Balaban J connectivity index is 2.09. The second-order valence-corrected chi connectivity index (χ2v) is 5.16. The number of ether oxygens (including phenoxy) is 1. The molecule has 1 heterocycles. The maximum atomic E-state index is 12.4. The van der Waals surface area contributed by atoms with Crippen LogP contribution in [-0.2, 0) is 16.0 Å². The Labute approximate surface area is 125 Å². The van der Waals surface area contributed by atoms with E-state index in [2.05, 4.69) is 11.8 Å². The molecule has 21 heavy (non-hydrogen) atoms. The first-order chi connectivity index (χ1) is 10.1. The van der Waals surface area contributed by atoms with E-state index in [-0.39, 0.29) is 24.5 Å². The van der Waals surface area contributed by atoms with Gasteiger partial charge >= 0.3 is 6.09 Å². The zero-order chi connectivity index (χ0) is 15.2. The number of rotatable bonds is 4. The molecule has 0 aliphatic carbocycles. The third-order valence-electron chi connectivity index (χ3n) is 3.52. The van der Waals surface area contributed by atoms with Crippen LogP contribution in [0, 0.1) is 17.8 Å². The Kier molecular flexibility index (Phi) is 4.99. The molecule has 0 N–H and O–H groups in total. The van der Waals surface area contributed by atoms with Gasteiger partial charge in [-0.1, -0.05) is 37.3 Å². The van der Waals surface area contributed by atoms with Crippen LogP contribution >= 0.6 is 0 Å². The first-order valence-electron chi connectivity index (χ1n) is 7.07. The molecular weight excluding hydrogens is 266 g/mol. The maximum Gasteiger partial charge on any atom is 0.416 e. The summed E-state index contributed by atoms with van der Waals surface area (Å²) in [4.78, 5) is 25.5. The number of nitrogens with zero attached hydrogens (tertiary/aromatic N) is 1. The van der Waals surface area contributed by atoms with Crippen LogP contribution in [0.2, 0.25) is 0 Å². The zero-order valence-electron chi connectivity index (χ0n) is 12.3. The fourth-order valence-electron chi connectivity index (χ4n) is 2.35. The highest BCUT2D eigenvalue weighted by Gasteiger charge is 2.39. The van der Waals surface area contributed by atoms with Gasteiger partial charge in [0.05, 0.1) is 6.04 Å². The summed E-state index contributed by atoms with van der Waals surface area (Å²) in [7, 11) is 0. The number of hydrogen-bond acceptors (Lipinski definition) is 3. The van der Waals surface area contributed by atoms with Crippen molar-refractivity contribution in [2.75, 3.05) is 6.61 Å². The van der Waals surface area contributed by atoms with Crippen molar-refractivity contribution in [2.24, 2.45) is 5.92 Å². The molecule has 4 heteroatoms. The molecule has 1 aliphatic rings. The topological polar surface area (TPSA) is 46.6 Å². The summed E-state index contributed by atoms with van der Waals surface area (Å²) in [6.07, 6.45) is 0.527. The fraction of sp³-hybridized carbons (Fsp3) is 0.412. The summed E-state index contributed by atoms with van der Waals surface area (Å²) in [6, 6.07) is 9.56. The Morgan fingerprint density at radius 1 is 1.43 bits per heavy atom. The van der Waals surface area contributed by atoms with Gasteiger partial charge < -0.3 is 4.74 Å². The van der Waals surface area contributed by atoms with Crippen molar-refractivity contribution in [2.45, 2.75) is 32.7 Å². The van der Waals surface area contributed by atoms with E-state index in [9.17, 15) is 9.59 Å². The molecule has 0 bridgehead atoms. The summed E-state index contributed by atoms with van der Waals surface area (Å²) in [6.45, 7) is 3.78. The summed E-state index contributed by atoms with van der Waals surface area (Å²) in [5, 5.41) is 0. The second-order valence-electron chi connectivity index (χ2n) is 5.16. The second kappa shape index (κ2) is 6.94. The molecular formula is C17H19NO3. The van der Waals surface area contributed by atoms with Gasteiger partial charge in [-0.25, -0.2) is 9.69 Å². The molecule has 0 spiro atoms. The van der Waals surface area contributed by atoms with E-state index in [1.54, 1.807) is 13.8 Å². The standard InChI is InChI=1S/C17H19NO3/c1-3-4-8-13(2)16(19)18-15(12-21-17(18)20)11-14-9-6-5-7-10-14/h5-7,9-10,13,15H,8,11-12H2,1-2H3. The smallest absolute Gasteiger partial charge is 0.416 e. The molecule has 2 rings (SSSR count). The number of amides is 2. The summed E-state index contributed by atoms with van der Waals surface area (Å²) < 4.78 is 5.06. The maximum absolute atomic E-state index is 12.4. The van der Waals surface area contributed by atoms with E-state index >= 15 is 0 Å². The Morgan fingerprint density at radius 2 is 2.14 bits per heavy atom. The molecule has 4 nitrogen and oxygen atoms in total. The van der Waals surface area contributed by atoms with Gasteiger partial charge in [0.25, 0.3) is 0 Å². The van der Waals surface area contributed by atoms with Crippen LogP contribution in [0.5, 0.6) is 0 Å². The number of benzene rings is 1. The lowest BCUT2D eigenvalue weighted by Gasteiger charge is -2.22. The molecule has 1 aromatic rings. The lowest BCUT2D eigenvalue weighted by molar-refractivity contribution is -0.132. The highest BCUT2D eigenvalue weighted by atomic mass is 16.6. The van der Waals surface area contributed by atoms with Gasteiger partial charge in [-0.2, -0.15) is 0 Å². The van der Waals surface area contributed by atoms with Gasteiger partial charge in [0.1, 0.15) is 6.61 Å². The van der Waals surface area contributed by atoms with E-state index in [0.29, 0.717) is 12.8 Å². The average molecular weight is 285 g/mol. The predicted molar refractivity (Wildman–Crippen MR) is 79.4 cm³/mol. The minimum Gasteiger partial charge on any atom is -0.447 e. The van der Waals surface area contributed by atoms with Gasteiger partial charge in [-0.15, -0.1) is 11.8 Å². The van der Waals surface area contributed by atoms with Gasteiger partial charge in [0, 0.05) is 12.3 Å². The molecule has 2 atom stereocenters. The molecule has 1 saturated heterocycles. The molecule has 0 aromatic heterocycles. The van der Waals surface area contributed by atoms with Crippen molar-refractivity contribution in [1.82, 2.24) is 4.90 Å². The van der Waals surface area contributed by atoms with Crippen molar-refractivity contribution < 1.29 is 14.3 Å². The van der Waals surface area contributed by atoms with Crippen LogP contribution in [0.25, 0.3) is 0 Å². The monoisotopic (exact) mass is 285 g/mol. The molecule has 1 fully saturated rings. The first kappa shape index (κ1) is 15.1. The van der Waals surface area contributed by atoms with Crippen LogP contribution < -0.4 is 0 Å². The summed E-state index contributed by atoms with van der Waals surface area (Å²) >= 11 is 0. The number of imide groups is 1. The van der Waals surface area contributed by atoms with Crippen molar-refractivity contribution in [3.05, 3.63) is 35.9 Å². The van der Waals surface area contributed by atoms with E-state index < -0.39 is 6.09 Å². The van der Waals surface area contributed by atoms with Crippen molar-refractivity contribution in [3.63, 3.8) is 0 Å². The quantitative estimate of drug-likeness (QED) is 0.799. The van der Waals surface area contributed by atoms with Crippen molar-refractivity contribution in [3.8, 4) is 11.8 Å². The van der Waals surface area contributed by atoms with Gasteiger partial charge in [-0.05, 0) is 18.9 Å². The van der Waals surface area contributed by atoms with E-state index in [4.69, 9.17) is 4.74 Å². The number of cyclic esters (lactones) is 1. The van der Waals surface area contributed by atoms with Crippen molar-refractivity contribution >= 4 is 12.0 Å². The van der Waals surface area contributed by atoms with E-state index in [1.165, 1.54) is 4.90 Å². The van der Waals surface area contributed by atoms with Gasteiger partial charge in [0.2, 0.25) is 5.91 Å². The Morgan fingerprint density at radius 3 is 2.81 bits per heavy atom. The normalized spacial score (nSPS) is 18.7. The molecule has 0 saturated carbocycles. The molecule has 1 aliphatic heterocycles. The lowest BCUT2D eigenvalue weighted by atomic mass is 10.0. The van der Waals surface area contributed by atoms with Crippen LogP contribution in [0.15, 0.2) is 30.3 Å². The zero-order valence-corrected chi connectivity index (χ0v) is 12.3. The predicted octanol–water partition coefficient (Wildman–Crippen LogP) is 2.63. The highest BCUT2D eigenvalue weighted by Crippen LogP contribution is 2.20. The summed E-state index contributed by atoms with van der Waals surface area (Å²) in [5.74, 6) is 5.14. The van der Waals surface area contributed by atoms with Gasteiger partial charge in [-0.3, -0.25) is 4.79 Å². The molecule has 0 radical (unpaired) electrons. The number of carbonyl (C=O) groups is 2. The van der Waals surface area contributed by atoms with Crippen molar-refractivity contribution in [1.29, 1.82) is 0 Å². The minimum absolute atomic E-state index is 0.207. The first-order valence-corrected chi connectivity index (χ1v) is 7.07. The SMILES string of the molecule is CC#CCC(C)C(=O)N1C(=O)OCC1Cc1ccccc1. The molecule has 110 valence electrons. The third-order valence-corrected chi connectivity index (χ3v) is 3.52. The fourth-order valence-corrected chi connectivity index (χ4v) is 2.35. The average Bonchev–Trinajstić information content (AvgIpc) is 2.85. The van der Waals surface area contributed by atoms with Gasteiger partial charge in [0.15, 0.2) is 0 Å². The van der Waals surface area contributed by atoms with Crippen LogP contribution in [-0.4, -0.2) is 29.5 Å². The largest absolute Gasteiger partial charge is 0.447 e. The number of hydrogen-bond donors (Lipinski definition) is 0. The minimum atomic E-state index is -0.544. The highest BCUT2D eigenvalue weighted by molar-refractivity contribution is 5.94. The summed E-state index contributed by atoms with van der Waals surface area (Å²) in [5.41, 5.74) is 1.08. The van der Waals surface area contributed by atoms with Crippen LogP contribution in [0.1, 0.15) is 25.8 Å². The van der Waals surface area contributed by atoms with Crippen LogP contribution in [0.3, 0.4) is 0 Å². The van der Waals surface area contributed by atoms with E-state index in [1.807, 2.05) is 30.3 Å².